The van der Waals surface area contributed by atoms with Crippen LogP contribution in [0.4, 0.5) is 4.39 Å². The van der Waals surface area contributed by atoms with Crippen molar-refractivity contribution in [1.82, 2.24) is 14.5 Å². The number of hydrogen-bond acceptors (Lipinski definition) is 6. The number of rotatable bonds is 6. The van der Waals surface area contributed by atoms with Gasteiger partial charge < -0.3 is 4.74 Å². The van der Waals surface area contributed by atoms with Gasteiger partial charge in [0.15, 0.2) is 5.16 Å². The Balaban J connectivity index is 1.62. The molecule has 0 radical (unpaired) electrons. The highest BCUT2D eigenvalue weighted by atomic mass is 32.2. The van der Waals surface area contributed by atoms with Crippen LogP contribution in [0.5, 0.6) is 5.75 Å². The molecule has 5 nitrogen and oxygen atoms in total. The van der Waals surface area contributed by atoms with E-state index < -0.39 is 0 Å². The number of methoxy groups -OCH3 is 1. The average Bonchev–Trinajstić information content (AvgIpc) is 3.21. The highest BCUT2D eigenvalue weighted by molar-refractivity contribution is 7.98. The van der Waals surface area contributed by atoms with Crippen molar-refractivity contribution in [3.63, 3.8) is 0 Å². The summed E-state index contributed by atoms with van der Waals surface area (Å²) in [6.07, 6.45) is 0.866. The average molecular weight is 482 g/mol. The van der Waals surface area contributed by atoms with Crippen molar-refractivity contribution in [1.29, 1.82) is 0 Å². The first kappa shape index (κ1) is 22.1. The van der Waals surface area contributed by atoms with Gasteiger partial charge in [0.1, 0.15) is 16.4 Å². The van der Waals surface area contributed by atoms with Crippen molar-refractivity contribution < 1.29 is 9.13 Å². The number of likely N-dealkylation sites (N-methyl/N-ethyl adjacent to an activating group) is 1. The number of aromatic nitrogens is 2. The van der Waals surface area contributed by atoms with Gasteiger partial charge in [0.05, 0.1) is 18.2 Å². The Kier molecular flexibility index (Phi) is 6.23. The van der Waals surface area contributed by atoms with Crippen LogP contribution in [0.3, 0.4) is 0 Å². The third kappa shape index (κ3) is 4.30. The predicted octanol–water partition coefficient (Wildman–Crippen LogP) is 5.27. The minimum absolute atomic E-state index is 0.0331. The first-order valence-corrected chi connectivity index (χ1v) is 12.7. The zero-order valence-corrected chi connectivity index (χ0v) is 20.1. The summed E-state index contributed by atoms with van der Waals surface area (Å²) in [6, 6.07) is 13.9. The maximum Gasteiger partial charge on any atom is 0.267 e. The van der Waals surface area contributed by atoms with Crippen molar-refractivity contribution in [2.75, 3.05) is 20.2 Å². The molecule has 2 aromatic heterocycles. The third-order valence-corrected chi connectivity index (χ3v) is 8.10. The molecule has 0 saturated heterocycles. The molecule has 3 heterocycles. The molecular weight excluding hydrogens is 457 g/mol. The summed E-state index contributed by atoms with van der Waals surface area (Å²) >= 11 is 3.12. The Bertz CT molecular complexity index is 1350. The number of thioether (sulfide) groups is 1. The Morgan fingerprint density at radius 3 is 2.61 bits per heavy atom. The summed E-state index contributed by atoms with van der Waals surface area (Å²) < 4.78 is 20.3. The van der Waals surface area contributed by atoms with E-state index in [1.54, 1.807) is 35.1 Å². The maximum atomic E-state index is 13.9. The molecule has 1 aliphatic heterocycles. The summed E-state index contributed by atoms with van der Waals surface area (Å²) in [6.45, 7) is 4.98. The predicted molar refractivity (Wildman–Crippen MR) is 132 cm³/mol. The van der Waals surface area contributed by atoms with Crippen LogP contribution < -0.4 is 10.3 Å². The lowest BCUT2D eigenvalue weighted by molar-refractivity contribution is 0.272. The van der Waals surface area contributed by atoms with Crippen molar-refractivity contribution in [2.45, 2.75) is 30.8 Å². The summed E-state index contributed by atoms with van der Waals surface area (Å²) in [5.41, 5.74) is 2.84. The number of fused-ring (bicyclic) bond motifs is 3. The number of thiophene rings is 1. The van der Waals surface area contributed by atoms with Gasteiger partial charge in [-0.2, -0.15) is 0 Å². The standard InChI is InChI=1S/C25H24FN3O2S2/c1-3-28-13-12-20-21(14-28)33-23-22(20)24(30)29(18-8-10-19(31-2)11-9-18)25(27-23)32-15-16-4-6-17(26)7-5-16/h4-11H,3,12-15H2,1-2H3. The number of benzene rings is 2. The second-order valence-corrected chi connectivity index (χ2v) is 9.98. The van der Waals surface area contributed by atoms with Gasteiger partial charge in [-0.1, -0.05) is 30.8 Å². The van der Waals surface area contributed by atoms with Crippen molar-refractivity contribution in [2.24, 2.45) is 0 Å². The molecule has 170 valence electrons. The van der Waals surface area contributed by atoms with Crippen molar-refractivity contribution in [3.05, 3.63) is 80.7 Å². The monoisotopic (exact) mass is 481 g/mol. The highest BCUT2D eigenvalue weighted by Gasteiger charge is 2.25. The second kappa shape index (κ2) is 9.29. The fourth-order valence-corrected chi connectivity index (χ4v) is 6.40. The Hall–Kier alpha value is -2.68. The van der Waals surface area contributed by atoms with E-state index in [0.29, 0.717) is 10.9 Å². The zero-order valence-electron chi connectivity index (χ0n) is 18.5. The molecule has 0 aliphatic carbocycles. The van der Waals surface area contributed by atoms with E-state index in [0.717, 1.165) is 58.8 Å². The van der Waals surface area contributed by atoms with Gasteiger partial charge in [-0.15, -0.1) is 11.3 Å². The number of nitrogens with zero attached hydrogens (tertiary/aromatic N) is 3. The molecule has 0 atom stereocenters. The molecule has 33 heavy (non-hydrogen) atoms. The molecule has 0 N–H and O–H groups in total. The molecular formula is C25H24FN3O2S2. The van der Waals surface area contributed by atoms with Gasteiger partial charge >= 0.3 is 0 Å². The molecule has 5 rings (SSSR count). The Morgan fingerprint density at radius 1 is 1.15 bits per heavy atom. The van der Waals surface area contributed by atoms with Crippen LogP contribution in [0, 0.1) is 5.82 Å². The van der Waals surface area contributed by atoms with E-state index in [2.05, 4.69) is 11.8 Å². The van der Waals surface area contributed by atoms with Crippen LogP contribution in [0.1, 0.15) is 22.9 Å². The smallest absolute Gasteiger partial charge is 0.267 e. The van der Waals surface area contributed by atoms with Crippen LogP contribution in [-0.4, -0.2) is 34.7 Å². The van der Waals surface area contributed by atoms with Gasteiger partial charge in [0.25, 0.3) is 5.56 Å². The minimum atomic E-state index is -0.260. The molecule has 2 aromatic carbocycles. The molecule has 1 aliphatic rings. The van der Waals surface area contributed by atoms with E-state index >= 15 is 0 Å². The quantitative estimate of drug-likeness (QED) is 0.278. The topological polar surface area (TPSA) is 47.4 Å². The summed E-state index contributed by atoms with van der Waals surface area (Å²) in [5.74, 6) is 1.06. The lowest BCUT2D eigenvalue weighted by atomic mass is 10.1. The lowest BCUT2D eigenvalue weighted by Gasteiger charge is -2.25. The summed E-state index contributed by atoms with van der Waals surface area (Å²) in [7, 11) is 1.62. The number of halogens is 1. The third-order valence-electron chi connectivity index (χ3n) is 5.98. The first-order valence-electron chi connectivity index (χ1n) is 10.9. The fraction of sp³-hybridized carbons (Fsp3) is 0.280. The van der Waals surface area contributed by atoms with Gasteiger partial charge in [0.2, 0.25) is 0 Å². The first-order chi connectivity index (χ1) is 16.1. The van der Waals surface area contributed by atoms with Crippen molar-refractivity contribution >= 4 is 33.3 Å². The molecule has 8 heteroatoms. The van der Waals surface area contributed by atoms with Crippen LogP contribution in [-0.2, 0) is 18.7 Å². The van der Waals surface area contributed by atoms with E-state index in [1.807, 2.05) is 24.3 Å². The minimum Gasteiger partial charge on any atom is -0.497 e. The molecule has 0 fully saturated rings. The largest absolute Gasteiger partial charge is 0.497 e. The van der Waals surface area contributed by atoms with Crippen LogP contribution in [0.25, 0.3) is 15.9 Å². The Labute approximate surface area is 199 Å². The van der Waals surface area contributed by atoms with Crippen molar-refractivity contribution in [3.8, 4) is 11.4 Å². The van der Waals surface area contributed by atoms with Gasteiger partial charge in [-0.25, -0.2) is 9.37 Å². The van der Waals surface area contributed by atoms with Crippen LogP contribution in [0.2, 0.25) is 0 Å². The number of hydrogen-bond donors (Lipinski definition) is 0. The fourth-order valence-electron chi connectivity index (χ4n) is 4.13. The van der Waals surface area contributed by atoms with E-state index in [4.69, 9.17) is 9.72 Å². The molecule has 0 saturated carbocycles. The van der Waals surface area contributed by atoms with E-state index in [1.165, 1.54) is 28.8 Å². The summed E-state index contributed by atoms with van der Waals surface area (Å²) in [5, 5.41) is 1.38. The molecule has 0 spiro atoms. The van der Waals surface area contributed by atoms with Crippen LogP contribution >= 0.6 is 23.1 Å². The zero-order chi connectivity index (χ0) is 22.9. The molecule has 0 bridgehead atoms. The van der Waals surface area contributed by atoms with Crippen LogP contribution in [0.15, 0.2) is 58.5 Å². The van der Waals surface area contributed by atoms with Gasteiger partial charge in [-0.05, 0) is 60.5 Å². The van der Waals surface area contributed by atoms with E-state index in [-0.39, 0.29) is 11.4 Å². The summed E-state index contributed by atoms with van der Waals surface area (Å²) in [4.78, 5) is 23.3. The molecule has 0 amide bonds. The molecule has 0 unspecified atom stereocenters. The normalized spacial score (nSPS) is 13.9. The SMILES string of the molecule is CCN1CCc2c(sc3nc(SCc4ccc(F)cc4)n(-c4ccc(OC)cc4)c(=O)c23)C1. The Morgan fingerprint density at radius 2 is 1.91 bits per heavy atom. The number of ether oxygens (including phenoxy) is 1. The van der Waals surface area contributed by atoms with Gasteiger partial charge in [-0.3, -0.25) is 14.3 Å². The maximum absolute atomic E-state index is 13.9. The second-order valence-electron chi connectivity index (χ2n) is 7.95. The lowest BCUT2D eigenvalue weighted by Crippen LogP contribution is -2.30. The molecule has 4 aromatic rings. The van der Waals surface area contributed by atoms with E-state index in [9.17, 15) is 9.18 Å². The van der Waals surface area contributed by atoms with Gasteiger partial charge in [0, 0.05) is 23.7 Å². The highest BCUT2D eigenvalue weighted by Crippen LogP contribution is 2.35.